The van der Waals surface area contributed by atoms with E-state index in [0.717, 1.165) is 18.2 Å². The quantitative estimate of drug-likeness (QED) is 0.367. The van der Waals surface area contributed by atoms with Crippen molar-refractivity contribution in [3.63, 3.8) is 0 Å². The average Bonchev–Trinajstić information content (AvgIpc) is 2.66. The Morgan fingerprint density at radius 1 is 1.16 bits per heavy atom. The summed E-state index contributed by atoms with van der Waals surface area (Å²) >= 11 is 0. The van der Waals surface area contributed by atoms with Gasteiger partial charge >= 0.3 is 12.3 Å². The molecule has 1 amide bonds. The zero-order chi connectivity index (χ0) is 23.8. The first kappa shape index (κ1) is 23.3. The normalized spacial score (nSPS) is 14.0. The molecule has 2 aromatic carbocycles. The fourth-order valence-electron chi connectivity index (χ4n) is 3.41. The number of fused-ring (bicyclic) bond motifs is 1. The van der Waals surface area contributed by atoms with Crippen LogP contribution in [0.4, 0.5) is 39.4 Å². The number of nitrogens with one attached hydrogen (secondary N) is 1. The van der Waals surface area contributed by atoms with E-state index < -0.39 is 45.5 Å². The van der Waals surface area contributed by atoms with E-state index in [1.54, 1.807) is 25.7 Å². The molecule has 172 valence electrons. The van der Waals surface area contributed by atoms with Gasteiger partial charge in [-0.15, -0.1) is 0 Å². The number of amides is 1. The number of halogens is 4. The number of nitro groups is 1. The molecular weight excluding hydrogens is 434 g/mol. The van der Waals surface area contributed by atoms with Crippen molar-refractivity contribution < 1.29 is 32.0 Å². The van der Waals surface area contributed by atoms with Gasteiger partial charge in [0, 0.05) is 19.2 Å². The fourth-order valence-corrected chi connectivity index (χ4v) is 3.41. The number of rotatable bonds is 3. The van der Waals surface area contributed by atoms with E-state index in [2.05, 4.69) is 5.32 Å². The van der Waals surface area contributed by atoms with Crippen LogP contribution in [-0.2, 0) is 23.9 Å². The van der Waals surface area contributed by atoms with E-state index in [0.29, 0.717) is 11.1 Å². The predicted octanol–water partition coefficient (Wildman–Crippen LogP) is 5.66. The number of benzene rings is 2. The van der Waals surface area contributed by atoms with Crippen LogP contribution in [0.2, 0.25) is 0 Å². The Bertz CT molecular complexity index is 1060. The Morgan fingerprint density at radius 3 is 2.44 bits per heavy atom. The summed E-state index contributed by atoms with van der Waals surface area (Å²) in [7, 11) is 0. The molecule has 0 aliphatic carbocycles. The van der Waals surface area contributed by atoms with Crippen LogP contribution in [-0.4, -0.2) is 23.2 Å². The van der Waals surface area contributed by atoms with E-state index in [-0.39, 0.29) is 25.2 Å². The third-order valence-electron chi connectivity index (χ3n) is 4.81. The van der Waals surface area contributed by atoms with Crippen molar-refractivity contribution in [2.45, 2.75) is 45.5 Å². The summed E-state index contributed by atoms with van der Waals surface area (Å²) in [5.41, 5.74) is -1.88. The summed E-state index contributed by atoms with van der Waals surface area (Å²) in [6, 6.07) is 5.65. The summed E-state index contributed by atoms with van der Waals surface area (Å²) in [4.78, 5) is 24.2. The molecule has 32 heavy (non-hydrogen) atoms. The van der Waals surface area contributed by atoms with Crippen LogP contribution in [0.25, 0.3) is 0 Å². The number of nitrogens with zero attached hydrogens (tertiary/aromatic N) is 2. The first-order valence-corrected chi connectivity index (χ1v) is 9.67. The van der Waals surface area contributed by atoms with Crippen molar-refractivity contribution >= 4 is 23.2 Å². The second-order valence-electron chi connectivity index (χ2n) is 8.33. The van der Waals surface area contributed by atoms with Crippen molar-refractivity contribution in [2.24, 2.45) is 0 Å². The van der Waals surface area contributed by atoms with Gasteiger partial charge < -0.3 is 9.64 Å². The van der Waals surface area contributed by atoms with Gasteiger partial charge in [0.25, 0.3) is 5.69 Å². The minimum atomic E-state index is -4.46. The zero-order valence-corrected chi connectivity index (χ0v) is 17.5. The van der Waals surface area contributed by atoms with Crippen LogP contribution >= 0.6 is 0 Å². The molecular formula is C21H21F4N3O4. The maximum atomic E-state index is 15.3. The fraction of sp³-hybridized carbons (Fsp3) is 0.381. The molecule has 11 heteroatoms. The van der Waals surface area contributed by atoms with Gasteiger partial charge in [0.05, 0.1) is 16.2 Å². The second-order valence-corrected chi connectivity index (χ2v) is 8.33. The molecule has 0 radical (unpaired) electrons. The molecule has 0 saturated heterocycles. The maximum Gasteiger partial charge on any atom is 0.416 e. The van der Waals surface area contributed by atoms with Gasteiger partial charge in [0.2, 0.25) is 0 Å². The summed E-state index contributed by atoms with van der Waals surface area (Å²) in [6.07, 6.45) is -5.29. The van der Waals surface area contributed by atoms with Gasteiger partial charge in [-0.05, 0) is 56.5 Å². The van der Waals surface area contributed by atoms with Crippen LogP contribution in [0, 0.1) is 15.9 Å². The minimum Gasteiger partial charge on any atom is -0.444 e. The van der Waals surface area contributed by atoms with Crippen LogP contribution in [0.5, 0.6) is 0 Å². The lowest BCUT2D eigenvalue weighted by molar-refractivity contribution is -0.384. The van der Waals surface area contributed by atoms with Crippen LogP contribution in [0.1, 0.15) is 37.5 Å². The SMILES string of the molecule is CC(C)(C)OC(=O)Nc1c([N+](=O)[O-])ccc(N2CCc3cc(C(F)(F)F)ccc3C2)c1F. The van der Waals surface area contributed by atoms with E-state index >= 15 is 4.39 Å². The second kappa shape index (κ2) is 8.29. The predicted molar refractivity (Wildman–Crippen MR) is 109 cm³/mol. The molecule has 0 saturated carbocycles. The van der Waals surface area contributed by atoms with Crippen molar-refractivity contribution in [2.75, 3.05) is 16.8 Å². The van der Waals surface area contributed by atoms with Crippen LogP contribution in [0.15, 0.2) is 30.3 Å². The minimum absolute atomic E-state index is 0.0211. The van der Waals surface area contributed by atoms with E-state index in [4.69, 9.17) is 4.74 Å². The summed E-state index contributed by atoms with van der Waals surface area (Å²) in [5.74, 6) is -1.03. The molecule has 0 bridgehead atoms. The van der Waals surface area contributed by atoms with Gasteiger partial charge in [-0.2, -0.15) is 13.2 Å². The number of alkyl halides is 3. The smallest absolute Gasteiger partial charge is 0.416 e. The molecule has 7 nitrogen and oxygen atoms in total. The first-order valence-electron chi connectivity index (χ1n) is 9.67. The molecule has 0 aromatic heterocycles. The molecule has 0 fully saturated rings. The van der Waals surface area contributed by atoms with Crippen LogP contribution < -0.4 is 10.2 Å². The van der Waals surface area contributed by atoms with Gasteiger partial charge in [0.1, 0.15) is 5.60 Å². The van der Waals surface area contributed by atoms with Gasteiger partial charge in [0.15, 0.2) is 11.5 Å². The molecule has 1 N–H and O–H groups in total. The van der Waals surface area contributed by atoms with Gasteiger partial charge in [-0.1, -0.05) is 6.07 Å². The standard InChI is InChI=1S/C21H21F4N3O4/c1-20(2,3)32-19(29)26-18-16(28(30)31)7-6-15(17(18)22)27-9-8-12-10-14(21(23,24)25)5-4-13(12)11-27/h4-7,10H,8-9,11H2,1-3H3,(H,26,29). The molecule has 0 spiro atoms. The highest BCUT2D eigenvalue weighted by Crippen LogP contribution is 2.37. The first-order chi connectivity index (χ1) is 14.8. The van der Waals surface area contributed by atoms with Crippen molar-refractivity contribution in [3.8, 4) is 0 Å². The van der Waals surface area contributed by atoms with Crippen molar-refractivity contribution in [1.82, 2.24) is 0 Å². The highest BCUT2D eigenvalue weighted by Gasteiger charge is 2.32. The Kier molecular flexibility index (Phi) is 6.03. The molecule has 3 rings (SSSR count). The number of carbonyl (C=O) groups is 1. The Labute approximate surface area is 181 Å². The molecule has 0 atom stereocenters. The number of hydrogen-bond acceptors (Lipinski definition) is 5. The van der Waals surface area contributed by atoms with Crippen molar-refractivity contribution in [1.29, 1.82) is 0 Å². The molecule has 1 aliphatic heterocycles. The van der Waals surface area contributed by atoms with E-state index in [1.807, 2.05) is 0 Å². The third kappa shape index (κ3) is 5.09. The lowest BCUT2D eigenvalue weighted by Gasteiger charge is -2.31. The summed E-state index contributed by atoms with van der Waals surface area (Å²) in [6.45, 7) is 5.05. The Hall–Kier alpha value is -3.37. The van der Waals surface area contributed by atoms with E-state index in [1.165, 1.54) is 12.1 Å². The Balaban J connectivity index is 1.92. The summed E-state index contributed by atoms with van der Waals surface area (Å²) in [5, 5.41) is 13.5. The van der Waals surface area contributed by atoms with Gasteiger partial charge in [-0.25, -0.2) is 9.18 Å². The molecule has 0 unspecified atom stereocenters. The number of anilines is 2. The lowest BCUT2D eigenvalue weighted by Crippen LogP contribution is -2.32. The Morgan fingerprint density at radius 2 is 1.84 bits per heavy atom. The van der Waals surface area contributed by atoms with Crippen LogP contribution in [0.3, 0.4) is 0 Å². The monoisotopic (exact) mass is 455 g/mol. The van der Waals surface area contributed by atoms with Gasteiger partial charge in [-0.3, -0.25) is 15.4 Å². The highest BCUT2D eigenvalue weighted by atomic mass is 19.4. The average molecular weight is 455 g/mol. The third-order valence-corrected chi connectivity index (χ3v) is 4.81. The summed E-state index contributed by atoms with van der Waals surface area (Å²) < 4.78 is 59.2. The van der Waals surface area contributed by atoms with E-state index in [9.17, 15) is 28.1 Å². The number of carbonyl (C=O) groups excluding carboxylic acids is 1. The molecule has 1 aliphatic rings. The molecule has 1 heterocycles. The van der Waals surface area contributed by atoms with Crippen molar-refractivity contribution in [3.05, 3.63) is 63.0 Å². The molecule has 2 aromatic rings. The maximum absolute atomic E-state index is 15.3. The largest absolute Gasteiger partial charge is 0.444 e. The zero-order valence-electron chi connectivity index (χ0n) is 17.5. The number of nitro benzene ring substituents is 1. The number of hydrogen-bond donors (Lipinski definition) is 1. The lowest BCUT2D eigenvalue weighted by atomic mass is 9.96. The number of ether oxygens (including phenoxy) is 1. The topological polar surface area (TPSA) is 84.7 Å². The highest BCUT2D eigenvalue weighted by molar-refractivity contribution is 5.89.